The third kappa shape index (κ3) is 22.2. The fraction of sp³-hybridized carbons (Fsp3) is 0.818. The Labute approximate surface area is 192 Å². The van der Waals surface area contributed by atoms with Crippen molar-refractivity contribution in [1.82, 2.24) is 21.3 Å². The Bertz CT molecular complexity index is 507. The molecule has 0 saturated carbocycles. The fourth-order valence-electron chi connectivity index (χ4n) is 1.82. The molecule has 4 N–H and O–H groups in total. The van der Waals surface area contributed by atoms with Crippen LogP contribution in [0.15, 0.2) is 0 Å². The van der Waals surface area contributed by atoms with Crippen LogP contribution in [0, 0.1) is 11.8 Å². The summed E-state index contributed by atoms with van der Waals surface area (Å²) in [4.78, 5) is 44.6. The highest BCUT2D eigenvalue weighted by atomic mass is 16.6. The third-order valence-corrected chi connectivity index (χ3v) is 4.08. The zero-order valence-corrected chi connectivity index (χ0v) is 21.0. The van der Waals surface area contributed by atoms with Crippen molar-refractivity contribution in [2.75, 3.05) is 26.3 Å². The number of hydrogen-bond donors (Lipinski definition) is 4. The van der Waals surface area contributed by atoms with Crippen LogP contribution >= 0.6 is 0 Å². The SMILES string of the molecule is CCC(C)COC(=O)NCC(=O)NC(C)C.CCC(C)COC(=O)NCC(=O)NC(C)C. The monoisotopic (exact) mass is 460 g/mol. The minimum Gasteiger partial charge on any atom is -0.449 e. The van der Waals surface area contributed by atoms with E-state index in [9.17, 15) is 19.2 Å². The maximum atomic E-state index is 11.2. The maximum absolute atomic E-state index is 11.2. The lowest BCUT2D eigenvalue weighted by Crippen LogP contribution is -2.40. The molecule has 2 unspecified atom stereocenters. The van der Waals surface area contributed by atoms with Crippen LogP contribution in [-0.2, 0) is 19.1 Å². The van der Waals surface area contributed by atoms with Gasteiger partial charge in [-0.05, 0) is 39.5 Å². The zero-order valence-electron chi connectivity index (χ0n) is 21.0. The molecule has 0 spiro atoms. The molecule has 0 bridgehead atoms. The molecule has 10 nitrogen and oxygen atoms in total. The number of amides is 4. The van der Waals surface area contributed by atoms with E-state index in [1.54, 1.807) is 0 Å². The van der Waals surface area contributed by atoms with Crippen LogP contribution in [0.1, 0.15) is 68.2 Å². The molecule has 0 aliphatic rings. The highest BCUT2D eigenvalue weighted by Crippen LogP contribution is 2.00. The van der Waals surface area contributed by atoms with Crippen molar-refractivity contribution in [3.05, 3.63) is 0 Å². The molecule has 0 heterocycles. The summed E-state index contributed by atoms with van der Waals surface area (Å²) in [5.41, 5.74) is 0. The third-order valence-electron chi connectivity index (χ3n) is 4.08. The Balaban J connectivity index is 0. The van der Waals surface area contributed by atoms with Crippen LogP contribution in [-0.4, -0.2) is 62.4 Å². The van der Waals surface area contributed by atoms with E-state index < -0.39 is 12.2 Å². The van der Waals surface area contributed by atoms with Gasteiger partial charge in [-0.3, -0.25) is 9.59 Å². The van der Waals surface area contributed by atoms with Crippen LogP contribution in [0.3, 0.4) is 0 Å². The van der Waals surface area contributed by atoms with E-state index in [0.29, 0.717) is 25.0 Å². The second-order valence-electron chi connectivity index (χ2n) is 8.38. The van der Waals surface area contributed by atoms with Gasteiger partial charge < -0.3 is 30.7 Å². The minimum absolute atomic E-state index is 0.0441. The Morgan fingerprint density at radius 2 is 0.938 bits per heavy atom. The first-order valence-electron chi connectivity index (χ1n) is 11.3. The predicted molar refractivity (Wildman–Crippen MR) is 124 cm³/mol. The summed E-state index contributed by atoms with van der Waals surface area (Å²) < 4.78 is 9.84. The molecule has 10 heteroatoms. The largest absolute Gasteiger partial charge is 0.449 e. The molecule has 0 fully saturated rings. The average molecular weight is 461 g/mol. The molecule has 32 heavy (non-hydrogen) atoms. The number of hydrogen-bond acceptors (Lipinski definition) is 6. The predicted octanol–water partition coefficient (Wildman–Crippen LogP) is 2.57. The number of nitrogens with one attached hydrogen (secondary N) is 4. The molecule has 0 radical (unpaired) electrons. The van der Waals surface area contributed by atoms with Crippen molar-refractivity contribution in [3.63, 3.8) is 0 Å². The first-order valence-corrected chi connectivity index (χ1v) is 11.3. The first kappa shape index (κ1) is 31.7. The van der Waals surface area contributed by atoms with Crippen molar-refractivity contribution in [2.24, 2.45) is 11.8 Å². The Morgan fingerprint density at radius 3 is 1.19 bits per heavy atom. The van der Waals surface area contributed by atoms with Gasteiger partial charge >= 0.3 is 12.2 Å². The van der Waals surface area contributed by atoms with Gasteiger partial charge in [-0.25, -0.2) is 9.59 Å². The van der Waals surface area contributed by atoms with Crippen LogP contribution in [0.5, 0.6) is 0 Å². The standard InChI is InChI=1S/2C11H22N2O3/c2*1-5-9(4)7-16-11(15)12-6-10(14)13-8(2)3/h2*8-9H,5-7H2,1-4H3,(H,12,15)(H,13,14). The van der Waals surface area contributed by atoms with Gasteiger partial charge in [0, 0.05) is 12.1 Å². The highest BCUT2D eigenvalue weighted by Gasteiger charge is 2.09. The van der Waals surface area contributed by atoms with Crippen LogP contribution in [0.4, 0.5) is 9.59 Å². The molecule has 0 aromatic heterocycles. The van der Waals surface area contributed by atoms with Gasteiger partial charge in [0.25, 0.3) is 0 Å². The van der Waals surface area contributed by atoms with Gasteiger partial charge in [-0.2, -0.15) is 0 Å². The summed E-state index contributed by atoms with van der Waals surface area (Å²) in [7, 11) is 0. The first-order chi connectivity index (χ1) is 14.9. The van der Waals surface area contributed by atoms with Gasteiger partial charge in [0.15, 0.2) is 0 Å². The van der Waals surface area contributed by atoms with Crippen molar-refractivity contribution < 1.29 is 28.7 Å². The van der Waals surface area contributed by atoms with Crippen molar-refractivity contribution in [1.29, 1.82) is 0 Å². The van der Waals surface area contributed by atoms with Gasteiger partial charge in [0.1, 0.15) is 13.1 Å². The molecular weight excluding hydrogens is 416 g/mol. The minimum atomic E-state index is -0.542. The van der Waals surface area contributed by atoms with E-state index in [1.807, 2.05) is 55.4 Å². The molecule has 0 aliphatic heterocycles. The number of carbonyl (C=O) groups excluding carboxylic acids is 4. The average Bonchev–Trinajstić information content (AvgIpc) is 2.72. The van der Waals surface area contributed by atoms with Crippen molar-refractivity contribution in [2.45, 2.75) is 80.3 Å². The summed E-state index contributed by atoms with van der Waals surface area (Å²) >= 11 is 0. The summed E-state index contributed by atoms with van der Waals surface area (Å²) in [6, 6.07) is 0.149. The van der Waals surface area contributed by atoms with Gasteiger partial charge in [-0.15, -0.1) is 0 Å². The van der Waals surface area contributed by atoms with Gasteiger partial charge in [-0.1, -0.05) is 40.5 Å². The van der Waals surface area contributed by atoms with Crippen LogP contribution in [0.2, 0.25) is 0 Å². The van der Waals surface area contributed by atoms with Crippen molar-refractivity contribution >= 4 is 24.0 Å². The summed E-state index contributed by atoms with van der Waals surface area (Å²) in [5, 5.41) is 10.1. The fourth-order valence-corrected chi connectivity index (χ4v) is 1.82. The summed E-state index contributed by atoms with van der Waals surface area (Å²) in [6.45, 7) is 16.2. The van der Waals surface area contributed by atoms with E-state index in [0.717, 1.165) is 12.8 Å². The van der Waals surface area contributed by atoms with E-state index in [4.69, 9.17) is 9.47 Å². The number of carbonyl (C=O) groups is 4. The summed E-state index contributed by atoms with van der Waals surface area (Å²) in [5.74, 6) is 0.261. The van der Waals surface area contributed by atoms with Gasteiger partial charge in [0.2, 0.25) is 11.8 Å². The molecule has 0 saturated heterocycles. The van der Waals surface area contributed by atoms with Gasteiger partial charge in [0.05, 0.1) is 13.2 Å². The lowest BCUT2D eigenvalue weighted by Gasteiger charge is -2.11. The van der Waals surface area contributed by atoms with Crippen molar-refractivity contribution in [3.8, 4) is 0 Å². The summed E-state index contributed by atoms with van der Waals surface area (Å²) in [6.07, 6.45) is 0.834. The van der Waals surface area contributed by atoms with E-state index in [2.05, 4.69) is 21.3 Å². The maximum Gasteiger partial charge on any atom is 0.407 e. The van der Waals surface area contributed by atoms with E-state index >= 15 is 0 Å². The van der Waals surface area contributed by atoms with Crippen LogP contribution < -0.4 is 21.3 Å². The molecular formula is C22H44N4O6. The topological polar surface area (TPSA) is 135 Å². The van der Waals surface area contributed by atoms with E-state index in [-0.39, 0.29) is 37.0 Å². The smallest absolute Gasteiger partial charge is 0.407 e. The Kier molecular flexibility index (Phi) is 19.0. The quantitative estimate of drug-likeness (QED) is 0.353. The van der Waals surface area contributed by atoms with Crippen LogP contribution in [0.25, 0.3) is 0 Å². The molecule has 0 aromatic rings. The number of rotatable bonds is 12. The lowest BCUT2D eigenvalue weighted by atomic mass is 10.1. The Morgan fingerprint density at radius 1 is 0.625 bits per heavy atom. The molecule has 0 aliphatic carbocycles. The second kappa shape index (κ2) is 19.2. The second-order valence-corrected chi connectivity index (χ2v) is 8.38. The molecule has 2 atom stereocenters. The molecule has 188 valence electrons. The number of ether oxygens (including phenoxy) is 2. The molecule has 4 amide bonds. The Hall–Kier alpha value is -2.52. The normalized spacial score (nSPS) is 12.1. The lowest BCUT2D eigenvalue weighted by molar-refractivity contribution is -0.121. The van der Waals surface area contributed by atoms with E-state index in [1.165, 1.54) is 0 Å². The zero-order chi connectivity index (χ0) is 25.1. The molecule has 0 aromatic carbocycles. The highest BCUT2D eigenvalue weighted by molar-refractivity contribution is 5.82. The molecule has 0 rings (SSSR count). The number of alkyl carbamates (subject to hydrolysis) is 2.